The molecule has 2 aromatic rings. The average Bonchev–Trinajstić information content (AvgIpc) is 3.05. The number of rotatable bonds is 4. The van der Waals surface area contributed by atoms with Crippen LogP contribution in [0.1, 0.15) is 33.7 Å². The highest BCUT2D eigenvalue weighted by atomic mass is 32.2. The second-order valence-corrected chi connectivity index (χ2v) is 7.14. The highest BCUT2D eigenvalue weighted by Crippen LogP contribution is 2.17. The molecule has 1 fully saturated rings. The summed E-state index contributed by atoms with van der Waals surface area (Å²) in [6, 6.07) is 1.94. The van der Waals surface area contributed by atoms with E-state index < -0.39 is 0 Å². The van der Waals surface area contributed by atoms with Gasteiger partial charge in [0.15, 0.2) is 0 Å². The zero-order valence-corrected chi connectivity index (χ0v) is 14.6. The summed E-state index contributed by atoms with van der Waals surface area (Å²) >= 11 is 1.82. The summed E-state index contributed by atoms with van der Waals surface area (Å²) in [5.41, 5.74) is 2.12. The molecule has 1 unspecified atom stereocenters. The van der Waals surface area contributed by atoms with Crippen LogP contribution in [0.25, 0.3) is 0 Å². The number of amides is 1. The Hall–Kier alpha value is -2.15. The van der Waals surface area contributed by atoms with Crippen LogP contribution >= 0.6 is 11.8 Å². The van der Waals surface area contributed by atoms with Crippen molar-refractivity contribution in [3.63, 3.8) is 0 Å². The van der Waals surface area contributed by atoms with Crippen molar-refractivity contribution in [3.8, 4) is 0 Å². The largest absolute Gasteiger partial charge is 0.348 e. The Balaban J connectivity index is 1.85. The van der Waals surface area contributed by atoms with Crippen LogP contribution in [0, 0.1) is 13.8 Å². The van der Waals surface area contributed by atoms with E-state index in [4.69, 9.17) is 0 Å². The van der Waals surface area contributed by atoms with Crippen molar-refractivity contribution in [3.05, 3.63) is 57.5 Å². The molecule has 6 nitrogen and oxygen atoms in total. The van der Waals surface area contributed by atoms with Crippen LogP contribution in [0.3, 0.4) is 0 Å². The number of pyridine rings is 1. The quantitative estimate of drug-likeness (QED) is 0.910. The number of carbonyl (C=O) groups is 1. The number of hydrogen-bond donors (Lipinski definition) is 1. The molecule has 0 aromatic carbocycles. The van der Waals surface area contributed by atoms with Crippen molar-refractivity contribution in [2.24, 2.45) is 0 Å². The van der Waals surface area contributed by atoms with Crippen LogP contribution in [-0.2, 0) is 6.54 Å². The van der Waals surface area contributed by atoms with E-state index in [0.717, 1.165) is 23.6 Å². The second kappa shape index (κ2) is 7.17. The molecular formula is C17H20N4O2S. The monoisotopic (exact) mass is 344 g/mol. The minimum Gasteiger partial charge on any atom is -0.348 e. The molecule has 24 heavy (non-hydrogen) atoms. The fraction of sp³-hybridized carbons (Fsp3) is 0.412. The summed E-state index contributed by atoms with van der Waals surface area (Å²) in [6.45, 7) is 3.94. The summed E-state index contributed by atoms with van der Waals surface area (Å²) in [4.78, 5) is 33.7. The van der Waals surface area contributed by atoms with Crippen LogP contribution in [0.4, 0.5) is 0 Å². The number of aromatic nitrogens is 3. The van der Waals surface area contributed by atoms with Crippen LogP contribution in [0.2, 0.25) is 0 Å². The van der Waals surface area contributed by atoms with Crippen molar-refractivity contribution in [1.29, 1.82) is 0 Å². The molecule has 126 valence electrons. The predicted octanol–water partition coefficient (Wildman–Crippen LogP) is 1.54. The second-order valence-electron chi connectivity index (χ2n) is 5.99. The Bertz CT molecular complexity index is 795. The Morgan fingerprint density at radius 3 is 2.88 bits per heavy atom. The summed E-state index contributed by atoms with van der Waals surface area (Å²) in [7, 11) is 0. The predicted molar refractivity (Wildman–Crippen MR) is 94.5 cm³/mol. The van der Waals surface area contributed by atoms with Gasteiger partial charge in [-0.05, 0) is 37.7 Å². The maximum Gasteiger partial charge on any atom is 0.264 e. The molecule has 0 radical (unpaired) electrons. The van der Waals surface area contributed by atoms with Crippen molar-refractivity contribution in [2.75, 3.05) is 11.5 Å². The third-order valence-corrected chi connectivity index (χ3v) is 5.19. The van der Waals surface area contributed by atoms with Gasteiger partial charge in [-0.15, -0.1) is 0 Å². The maximum atomic E-state index is 12.7. The van der Waals surface area contributed by atoms with Gasteiger partial charge in [0.1, 0.15) is 5.56 Å². The van der Waals surface area contributed by atoms with E-state index >= 15 is 0 Å². The molecular weight excluding hydrogens is 324 g/mol. The van der Waals surface area contributed by atoms with Gasteiger partial charge in [-0.3, -0.25) is 19.6 Å². The van der Waals surface area contributed by atoms with E-state index in [9.17, 15) is 9.59 Å². The van der Waals surface area contributed by atoms with Gasteiger partial charge in [-0.2, -0.15) is 11.8 Å². The van der Waals surface area contributed by atoms with Gasteiger partial charge in [0.05, 0.1) is 24.1 Å². The fourth-order valence-corrected chi connectivity index (χ4v) is 3.80. The highest BCUT2D eigenvalue weighted by Gasteiger charge is 2.22. The van der Waals surface area contributed by atoms with E-state index in [1.54, 1.807) is 31.6 Å². The van der Waals surface area contributed by atoms with Gasteiger partial charge in [-0.25, -0.2) is 0 Å². The lowest BCUT2D eigenvalue weighted by Crippen LogP contribution is -2.39. The van der Waals surface area contributed by atoms with Crippen LogP contribution in [0.5, 0.6) is 0 Å². The third kappa shape index (κ3) is 3.67. The Morgan fingerprint density at radius 2 is 2.21 bits per heavy atom. The number of hydrogen-bond acceptors (Lipinski definition) is 5. The van der Waals surface area contributed by atoms with Crippen molar-refractivity contribution < 1.29 is 4.79 Å². The molecule has 0 aliphatic carbocycles. The van der Waals surface area contributed by atoms with Crippen molar-refractivity contribution in [1.82, 2.24) is 19.9 Å². The average molecular weight is 344 g/mol. The lowest BCUT2D eigenvalue weighted by molar-refractivity contribution is 0.0938. The van der Waals surface area contributed by atoms with Gasteiger partial charge < -0.3 is 9.88 Å². The molecule has 7 heteroatoms. The molecule has 1 saturated heterocycles. The summed E-state index contributed by atoms with van der Waals surface area (Å²) in [5, 5.41) is 2.97. The molecule has 0 bridgehead atoms. The van der Waals surface area contributed by atoms with Crippen LogP contribution in [0.15, 0.2) is 29.5 Å². The van der Waals surface area contributed by atoms with Gasteiger partial charge in [0.25, 0.3) is 11.5 Å². The first-order valence-corrected chi connectivity index (χ1v) is 9.06. The van der Waals surface area contributed by atoms with Crippen molar-refractivity contribution in [2.45, 2.75) is 32.9 Å². The van der Waals surface area contributed by atoms with E-state index in [-0.39, 0.29) is 23.1 Å². The summed E-state index contributed by atoms with van der Waals surface area (Å²) in [5.74, 6) is 1.68. The van der Waals surface area contributed by atoms with Crippen LogP contribution < -0.4 is 10.9 Å². The molecule has 0 saturated carbocycles. The molecule has 2 aromatic heterocycles. The molecule has 0 spiro atoms. The summed E-state index contributed by atoms with van der Waals surface area (Å²) < 4.78 is 1.50. The molecule has 1 N–H and O–H groups in total. The third-order valence-electron chi connectivity index (χ3n) is 4.03. The number of thioether (sulfide) groups is 1. The van der Waals surface area contributed by atoms with E-state index in [1.807, 2.05) is 18.7 Å². The fourth-order valence-electron chi connectivity index (χ4n) is 2.65. The minimum absolute atomic E-state index is 0.151. The highest BCUT2D eigenvalue weighted by molar-refractivity contribution is 7.99. The van der Waals surface area contributed by atoms with E-state index in [0.29, 0.717) is 17.8 Å². The van der Waals surface area contributed by atoms with Gasteiger partial charge in [0, 0.05) is 24.2 Å². The Kier molecular flexibility index (Phi) is 4.99. The number of nitrogens with zero attached hydrogens (tertiary/aromatic N) is 3. The first-order valence-electron chi connectivity index (χ1n) is 7.91. The van der Waals surface area contributed by atoms with Gasteiger partial charge >= 0.3 is 0 Å². The standard InChI is InChI=1S/C17H20N4O2S/c1-11-3-5-21(9-14-8-18-12(2)7-19-14)17(23)15(11)16(22)20-13-4-6-24-10-13/h3,5,7-8,13H,4,6,9-10H2,1-2H3,(H,20,22). The van der Waals surface area contributed by atoms with Gasteiger partial charge in [-0.1, -0.05) is 0 Å². The minimum atomic E-state index is -0.291. The first kappa shape index (κ1) is 16.7. The molecule has 1 aliphatic rings. The number of nitrogens with one attached hydrogen (secondary N) is 1. The smallest absolute Gasteiger partial charge is 0.264 e. The van der Waals surface area contributed by atoms with Crippen LogP contribution in [-0.4, -0.2) is 38.0 Å². The van der Waals surface area contributed by atoms with E-state index in [2.05, 4.69) is 15.3 Å². The molecule has 3 heterocycles. The number of carbonyl (C=O) groups excluding carboxylic acids is 1. The zero-order valence-electron chi connectivity index (χ0n) is 13.8. The zero-order chi connectivity index (χ0) is 17.1. The lowest BCUT2D eigenvalue weighted by Gasteiger charge is -2.14. The Labute approximate surface area is 144 Å². The topological polar surface area (TPSA) is 76.9 Å². The Morgan fingerprint density at radius 1 is 1.38 bits per heavy atom. The number of aryl methyl sites for hydroxylation is 2. The summed E-state index contributed by atoms with van der Waals surface area (Å²) in [6.07, 6.45) is 5.97. The van der Waals surface area contributed by atoms with Crippen molar-refractivity contribution >= 4 is 17.7 Å². The van der Waals surface area contributed by atoms with E-state index in [1.165, 1.54) is 4.57 Å². The normalized spacial score (nSPS) is 17.0. The molecule has 1 amide bonds. The first-order chi connectivity index (χ1) is 11.5. The lowest BCUT2D eigenvalue weighted by atomic mass is 10.1. The maximum absolute atomic E-state index is 12.7. The molecule has 1 aliphatic heterocycles. The molecule has 1 atom stereocenters. The molecule has 3 rings (SSSR count). The van der Waals surface area contributed by atoms with Gasteiger partial charge in [0.2, 0.25) is 0 Å². The SMILES string of the molecule is Cc1cnc(Cn2ccc(C)c(C(=O)NC3CCSC3)c2=O)cn1.